The highest BCUT2D eigenvalue weighted by Crippen LogP contribution is 2.30. The maximum absolute atomic E-state index is 13.1. The van der Waals surface area contributed by atoms with Gasteiger partial charge in [-0.3, -0.25) is 0 Å². The van der Waals surface area contributed by atoms with Crippen molar-refractivity contribution in [1.29, 1.82) is 0 Å². The lowest BCUT2D eigenvalue weighted by atomic mass is 10.2. The molecule has 6 heteroatoms. The molecule has 0 aromatic heterocycles. The minimum Gasteiger partial charge on any atom is -0.403 e. The normalized spacial score (nSPS) is 11.6. The lowest BCUT2D eigenvalue weighted by Crippen LogP contribution is -2.18. The van der Waals surface area contributed by atoms with Crippen molar-refractivity contribution in [2.24, 2.45) is 0 Å². The molecule has 0 bridgehead atoms. The standard InChI is InChI=1S/C8H5ClF4O/c1-4-5(9)2-3-6(7(4)10)14-8(11,12)13/h2-3H,1H3. The molecule has 1 nitrogen and oxygen atoms in total. The van der Waals surface area contributed by atoms with Gasteiger partial charge in [0.15, 0.2) is 11.6 Å². The molecule has 0 radical (unpaired) electrons. The van der Waals surface area contributed by atoms with Crippen LogP contribution in [0.25, 0.3) is 0 Å². The highest BCUT2D eigenvalue weighted by Gasteiger charge is 2.32. The zero-order valence-electron chi connectivity index (χ0n) is 6.95. The SMILES string of the molecule is Cc1c(Cl)ccc(OC(F)(F)F)c1F. The zero-order valence-corrected chi connectivity index (χ0v) is 7.71. The molecule has 0 saturated heterocycles. The number of benzene rings is 1. The highest BCUT2D eigenvalue weighted by atomic mass is 35.5. The van der Waals surface area contributed by atoms with Crippen molar-refractivity contribution in [1.82, 2.24) is 0 Å². The second kappa shape index (κ2) is 3.65. The minimum absolute atomic E-state index is 0.0528. The maximum Gasteiger partial charge on any atom is 0.573 e. The van der Waals surface area contributed by atoms with Crippen LogP contribution in [0, 0.1) is 12.7 Å². The number of hydrogen-bond acceptors (Lipinski definition) is 1. The molecule has 0 fully saturated rings. The Balaban J connectivity index is 3.06. The van der Waals surface area contributed by atoms with Gasteiger partial charge in [0.05, 0.1) is 0 Å². The minimum atomic E-state index is -4.90. The van der Waals surface area contributed by atoms with E-state index in [1.165, 1.54) is 6.92 Å². The summed E-state index contributed by atoms with van der Waals surface area (Å²) in [6.45, 7) is 1.26. The van der Waals surface area contributed by atoms with E-state index in [0.717, 1.165) is 12.1 Å². The van der Waals surface area contributed by atoms with Crippen molar-refractivity contribution in [2.75, 3.05) is 0 Å². The van der Waals surface area contributed by atoms with Crippen LogP contribution in [-0.2, 0) is 0 Å². The molecular formula is C8H5ClF4O. The van der Waals surface area contributed by atoms with E-state index < -0.39 is 17.9 Å². The Morgan fingerprint density at radius 1 is 1.29 bits per heavy atom. The molecule has 1 rings (SSSR count). The number of rotatable bonds is 1. The van der Waals surface area contributed by atoms with Crippen LogP contribution in [0.4, 0.5) is 17.6 Å². The first kappa shape index (κ1) is 11.1. The summed E-state index contributed by atoms with van der Waals surface area (Å²) in [6.07, 6.45) is -4.90. The summed E-state index contributed by atoms with van der Waals surface area (Å²) in [5, 5.41) is 0.0528. The van der Waals surface area contributed by atoms with Gasteiger partial charge in [0, 0.05) is 10.6 Å². The Labute approximate surface area is 82.2 Å². The molecular weight excluding hydrogens is 224 g/mol. The van der Waals surface area contributed by atoms with Crippen LogP contribution in [0.1, 0.15) is 5.56 Å². The molecule has 0 aliphatic carbocycles. The first-order valence-electron chi connectivity index (χ1n) is 3.51. The van der Waals surface area contributed by atoms with Gasteiger partial charge in [-0.25, -0.2) is 4.39 Å². The van der Waals surface area contributed by atoms with Crippen LogP contribution in [-0.4, -0.2) is 6.36 Å². The van der Waals surface area contributed by atoms with Gasteiger partial charge in [-0.15, -0.1) is 13.2 Å². The fourth-order valence-corrected chi connectivity index (χ4v) is 0.986. The molecule has 0 saturated carbocycles. The van der Waals surface area contributed by atoms with E-state index in [0.29, 0.717) is 0 Å². The summed E-state index contributed by atoms with van der Waals surface area (Å²) >= 11 is 5.48. The lowest BCUT2D eigenvalue weighted by molar-refractivity contribution is -0.275. The van der Waals surface area contributed by atoms with Gasteiger partial charge in [0.25, 0.3) is 0 Å². The Bertz CT molecular complexity index is 348. The van der Waals surface area contributed by atoms with Gasteiger partial charge >= 0.3 is 6.36 Å². The quantitative estimate of drug-likeness (QED) is 0.666. The van der Waals surface area contributed by atoms with Crippen LogP contribution in [0.15, 0.2) is 12.1 Å². The first-order chi connectivity index (χ1) is 6.31. The van der Waals surface area contributed by atoms with Gasteiger partial charge in [0.1, 0.15) is 0 Å². The van der Waals surface area contributed by atoms with Crippen molar-refractivity contribution in [3.63, 3.8) is 0 Å². The second-order valence-electron chi connectivity index (χ2n) is 2.53. The van der Waals surface area contributed by atoms with Crippen LogP contribution < -0.4 is 4.74 Å². The van der Waals surface area contributed by atoms with E-state index in [4.69, 9.17) is 11.6 Å². The fraction of sp³-hybridized carbons (Fsp3) is 0.250. The zero-order chi connectivity index (χ0) is 10.9. The van der Waals surface area contributed by atoms with Gasteiger partial charge in [0.2, 0.25) is 0 Å². The van der Waals surface area contributed by atoms with Gasteiger partial charge in [-0.2, -0.15) is 0 Å². The number of alkyl halides is 3. The van der Waals surface area contributed by atoms with Gasteiger partial charge < -0.3 is 4.74 Å². The maximum atomic E-state index is 13.1. The van der Waals surface area contributed by atoms with E-state index in [-0.39, 0.29) is 10.6 Å². The fourth-order valence-electron chi connectivity index (χ4n) is 0.840. The smallest absolute Gasteiger partial charge is 0.403 e. The summed E-state index contributed by atoms with van der Waals surface area (Å²) in [7, 11) is 0. The second-order valence-corrected chi connectivity index (χ2v) is 2.94. The largest absolute Gasteiger partial charge is 0.573 e. The number of halogens is 5. The van der Waals surface area contributed by atoms with Crippen molar-refractivity contribution in [2.45, 2.75) is 13.3 Å². The summed E-state index contributed by atoms with van der Waals surface area (Å²) in [6, 6.07) is 1.97. The van der Waals surface area contributed by atoms with E-state index in [1.54, 1.807) is 0 Å². The Morgan fingerprint density at radius 3 is 2.36 bits per heavy atom. The van der Waals surface area contributed by atoms with E-state index in [2.05, 4.69) is 4.74 Å². The molecule has 14 heavy (non-hydrogen) atoms. The predicted molar refractivity (Wildman–Crippen MR) is 42.8 cm³/mol. The Kier molecular flexibility index (Phi) is 2.89. The molecule has 0 heterocycles. The summed E-state index contributed by atoms with van der Waals surface area (Å²) in [5.41, 5.74) is -0.0755. The molecule has 0 spiro atoms. The molecule has 1 aromatic carbocycles. The molecule has 0 atom stereocenters. The van der Waals surface area contributed by atoms with E-state index in [9.17, 15) is 17.6 Å². The van der Waals surface area contributed by atoms with E-state index in [1.807, 2.05) is 0 Å². The van der Waals surface area contributed by atoms with Crippen LogP contribution in [0.5, 0.6) is 5.75 Å². The lowest BCUT2D eigenvalue weighted by Gasteiger charge is -2.11. The van der Waals surface area contributed by atoms with E-state index >= 15 is 0 Å². The molecule has 0 aliphatic heterocycles. The molecule has 0 N–H and O–H groups in total. The van der Waals surface area contributed by atoms with Crippen LogP contribution >= 0.6 is 11.6 Å². The predicted octanol–water partition coefficient (Wildman–Crippen LogP) is 3.69. The summed E-state index contributed by atoms with van der Waals surface area (Å²) < 4.78 is 51.7. The molecule has 0 aliphatic rings. The first-order valence-corrected chi connectivity index (χ1v) is 3.89. The van der Waals surface area contributed by atoms with Crippen LogP contribution in [0.3, 0.4) is 0 Å². The van der Waals surface area contributed by atoms with Crippen molar-refractivity contribution >= 4 is 11.6 Å². The molecule has 0 unspecified atom stereocenters. The average molecular weight is 229 g/mol. The van der Waals surface area contributed by atoms with Crippen LogP contribution in [0.2, 0.25) is 5.02 Å². The summed E-state index contributed by atoms with van der Waals surface area (Å²) in [4.78, 5) is 0. The van der Waals surface area contributed by atoms with Gasteiger partial charge in [-0.05, 0) is 19.1 Å². The molecule has 1 aromatic rings. The van der Waals surface area contributed by atoms with Crippen molar-refractivity contribution < 1.29 is 22.3 Å². The van der Waals surface area contributed by atoms with Crippen molar-refractivity contribution in [3.8, 4) is 5.75 Å². The summed E-state index contributed by atoms with van der Waals surface area (Å²) in [5.74, 6) is -1.98. The molecule has 78 valence electrons. The number of ether oxygens (including phenoxy) is 1. The number of hydrogen-bond donors (Lipinski definition) is 0. The topological polar surface area (TPSA) is 9.23 Å². The van der Waals surface area contributed by atoms with Crippen molar-refractivity contribution in [3.05, 3.63) is 28.5 Å². The average Bonchev–Trinajstić information content (AvgIpc) is 2.04. The monoisotopic (exact) mass is 228 g/mol. The third-order valence-corrected chi connectivity index (χ3v) is 1.92. The molecule has 0 amide bonds. The van der Waals surface area contributed by atoms with Gasteiger partial charge in [-0.1, -0.05) is 11.6 Å². The Hall–Kier alpha value is -0.970. The third kappa shape index (κ3) is 2.51. The Morgan fingerprint density at radius 2 is 1.86 bits per heavy atom. The third-order valence-electron chi connectivity index (χ3n) is 1.51. The highest BCUT2D eigenvalue weighted by molar-refractivity contribution is 6.31.